The van der Waals surface area contributed by atoms with Gasteiger partial charge in [0.05, 0.1) is 18.8 Å². The van der Waals surface area contributed by atoms with E-state index in [0.29, 0.717) is 13.2 Å². The lowest BCUT2D eigenvalue weighted by Crippen LogP contribution is -2.50. The van der Waals surface area contributed by atoms with Gasteiger partial charge in [0.25, 0.3) is 0 Å². The Kier molecular flexibility index (Phi) is 7.44. The molecule has 1 saturated heterocycles. The maximum Gasteiger partial charge on any atom is 0.107 e. The van der Waals surface area contributed by atoms with Crippen LogP contribution in [0.25, 0.3) is 0 Å². The Labute approximate surface area is 162 Å². The number of piperazine rings is 1. The number of β-amino-alcohol motifs (C(OH)–C–C–N with tert-alkyl or cyclic N) is 1. The van der Waals surface area contributed by atoms with Crippen LogP contribution in [0, 0.1) is 12.3 Å². The van der Waals surface area contributed by atoms with E-state index in [1.807, 2.05) is 0 Å². The van der Waals surface area contributed by atoms with Crippen molar-refractivity contribution in [2.45, 2.75) is 12.1 Å². The molecule has 1 atom stereocenters. The van der Waals surface area contributed by atoms with E-state index in [1.165, 1.54) is 11.1 Å². The maximum absolute atomic E-state index is 10.1. The zero-order valence-electron chi connectivity index (χ0n) is 15.7. The minimum atomic E-state index is -0.496. The number of hydrogen-bond acceptors (Lipinski definition) is 4. The quantitative estimate of drug-likeness (QED) is 0.576. The third kappa shape index (κ3) is 5.66. The molecule has 4 nitrogen and oxygen atoms in total. The van der Waals surface area contributed by atoms with Gasteiger partial charge in [-0.2, -0.15) is 0 Å². The smallest absolute Gasteiger partial charge is 0.107 e. The van der Waals surface area contributed by atoms with E-state index in [9.17, 15) is 5.11 Å². The monoisotopic (exact) mass is 364 g/mol. The van der Waals surface area contributed by atoms with Crippen LogP contribution in [0.15, 0.2) is 60.7 Å². The van der Waals surface area contributed by atoms with E-state index >= 15 is 0 Å². The van der Waals surface area contributed by atoms with Gasteiger partial charge in [-0.15, -0.1) is 6.42 Å². The van der Waals surface area contributed by atoms with Crippen LogP contribution in [0.5, 0.6) is 0 Å². The van der Waals surface area contributed by atoms with Crippen LogP contribution in [-0.2, 0) is 4.74 Å². The number of rotatable bonds is 8. The lowest BCUT2D eigenvalue weighted by Gasteiger charge is -2.40. The van der Waals surface area contributed by atoms with Crippen molar-refractivity contribution >= 4 is 0 Å². The molecule has 1 aliphatic rings. The third-order valence-electron chi connectivity index (χ3n) is 4.97. The minimum absolute atomic E-state index is 0.251. The van der Waals surface area contributed by atoms with Crippen molar-refractivity contribution < 1.29 is 9.84 Å². The molecular weight excluding hydrogens is 336 g/mol. The van der Waals surface area contributed by atoms with Crippen LogP contribution in [-0.4, -0.2) is 66.9 Å². The summed E-state index contributed by atoms with van der Waals surface area (Å²) in [6.45, 7) is 4.96. The summed E-state index contributed by atoms with van der Waals surface area (Å²) >= 11 is 0. The molecule has 0 unspecified atom stereocenters. The number of benzene rings is 2. The second-order valence-corrected chi connectivity index (χ2v) is 6.93. The number of aliphatic hydroxyl groups excluding tert-OH is 1. The predicted molar refractivity (Wildman–Crippen MR) is 108 cm³/mol. The molecule has 2 aromatic rings. The van der Waals surface area contributed by atoms with Gasteiger partial charge >= 0.3 is 0 Å². The lowest BCUT2D eigenvalue weighted by molar-refractivity contribution is 0.0131. The highest BCUT2D eigenvalue weighted by Gasteiger charge is 2.26. The van der Waals surface area contributed by atoms with Gasteiger partial charge in [0, 0.05) is 32.7 Å². The summed E-state index contributed by atoms with van der Waals surface area (Å²) in [6.07, 6.45) is 4.67. The molecular formula is C23H28N2O2. The van der Waals surface area contributed by atoms with E-state index in [1.54, 1.807) is 0 Å². The molecule has 0 bridgehead atoms. The number of ether oxygens (including phenoxy) is 1. The highest BCUT2D eigenvalue weighted by molar-refractivity contribution is 5.31. The normalized spacial score (nSPS) is 16.9. The third-order valence-corrected chi connectivity index (χ3v) is 4.97. The summed E-state index contributed by atoms with van der Waals surface area (Å²) in [5.41, 5.74) is 2.64. The molecule has 0 aliphatic carbocycles. The van der Waals surface area contributed by atoms with Crippen LogP contribution in [0.4, 0.5) is 0 Å². The molecule has 2 aromatic carbocycles. The molecule has 0 aromatic heterocycles. The molecule has 142 valence electrons. The zero-order chi connectivity index (χ0) is 18.9. The predicted octanol–water partition coefficient (Wildman–Crippen LogP) is 2.40. The summed E-state index contributed by atoms with van der Waals surface area (Å²) in [4.78, 5) is 4.83. The van der Waals surface area contributed by atoms with Crippen LogP contribution in [0.2, 0.25) is 0 Å². The zero-order valence-corrected chi connectivity index (χ0v) is 15.7. The maximum atomic E-state index is 10.1. The first-order valence-electron chi connectivity index (χ1n) is 9.53. The highest BCUT2D eigenvalue weighted by atomic mass is 16.5. The fourth-order valence-electron chi connectivity index (χ4n) is 3.69. The van der Waals surface area contributed by atoms with E-state index in [2.05, 4.69) is 76.4 Å². The Morgan fingerprint density at radius 1 is 0.926 bits per heavy atom. The average molecular weight is 364 g/mol. The van der Waals surface area contributed by atoms with Gasteiger partial charge in [-0.3, -0.25) is 9.80 Å². The topological polar surface area (TPSA) is 35.9 Å². The number of terminal acetylenes is 1. The molecule has 3 rings (SSSR count). The molecule has 0 amide bonds. The van der Waals surface area contributed by atoms with Gasteiger partial charge in [-0.1, -0.05) is 66.6 Å². The lowest BCUT2D eigenvalue weighted by atomic mass is 9.96. The molecule has 0 radical (unpaired) electrons. The second kappa shape index (κ2) is 10.2. The fraction of sp³-hybridized carbons (Fsp3) is 0.391. The Bertz CT molecular complexity index is 667. The SMILES string of the molecule is C#CCOC[C@H](O)CN1CCN(C(c2ccccc2)c2ccccc2)CC1. The fourth-order valence-corrected chi connectivity index (χ4v) is 3.69. The van der Waals surface area contributed by atoms with Crippen molar-refractivity contribution in [3.63, 3.8) is 0 Å². The first kappa shape index (κ1) is 19.6. The molecule has 0 saturated carbocycles. The Balaban J connectivity index is 1.61. The minimum Gasteiger partial charge on any atom is -0.389 e. The van der Waals surface area contributed by atoms with Crippen molar-refractivity contribution in [3.8, 4) is 12.3 Å². The summed E-state index contributed by atoms with van der Waals surface area (Å²) in [5, 5.41) is 10.1. The number of hydrogen-bond donors (Lipinski definition) is 1. The first-order valence-corrected chi connectivity index (χ1v) is 9.53. The Morgan fingerprint density at radius 3 is 2.00 bits per heavy atom. The highest BCUT2D eigenvalue weighted by Crippen LogP contribution is 2.29. The summed E-state index contributed by atoms with van der Waals surface area (Å²) in [5.74, 6) is 2.42. The van der Waals surface area contributed by atoms with Crippen molar-refractivity contribution in [1.82, 2.24) is 9.80 Å². The van der Waals surface area contributed by atoms with E-state index < -0.39 is 6.10 Å². The van der Waals surface area contributed by atoms with Gasteiger partial charge in [0.1, 0.15) is 6.61 Å². The molecule has 1 fully saturated rings. The standard InChI is InChI=1S/C23H28N2O2/c1-2-17-27-19-22(26)18-24-13-15-25(16-14-24)23(20-9-5-3-6-10-20)21-11-7-4-8-12-21/h1,3-12,22-23,26H,13-19H2/t22-/m1/s1. The van der Waals surface area contributed by atoms with Crippen LogP contribution < -0.4 is 0 Å². The molecule has 27 heavy (non-hydrogen) atoms. The van der Waals surface area contributed by atoms with Gasteiger partial charge in [-0.05, 0) is 11.1 Å². The molecule has 1 N–H and O–H groups in total. The molecule has 1 heterocycles. The van der Waals surface area contributed by atoms with Gasteiger partial charge in [0.15, 0.2) is 0 Å². The first-order chi connectivity index (χ1) is 13.3. The van der Waals surface area contributed by atoms with Crippen LogP contribution in [0.1, 0.15) is 17.2 Å². The van der Waals surface area contributed by atoms with Gasteiger partial charge in [0.2, 0.25) is 0 Å². The van der Waals surface area contributed by atoms with Crippen LogP contribution in [0.3, 0.4) is 0 Å². The van der Waals surface area contributed by atoms with Crippen molar-refractivity contribution in [1.29, 1.82) is 0 Å². The molecule has 1 aliphatic heterocycles. The van der Waals surface area contributed by atoms with Crippen LogP contribution >= 0.6 is 0 Å². The Hall–Kier alpha value is -2.16. The molecule has 0 spiro atoms. The van der Waals surface area contributed by atoms with Crippen molar-refractivity contribution in [2.75, 3.05) is 45.9 Å². The summed E-state index contributed by atoms with van der Waals surface area (Å²) < 4.78 is 5.24. The average Bonchev–Trinajstić information content (AvgIpc) is 2.71. The summed E-state index contributed by atoms with van der Waals surface area (Å²) in [7, 11) is 0. The van der Waals surface area contributed by atoms with E-state index in [4.69, 9.17) is 11.2 Å². The number of aliphatic hydroxyl groups is 1. The van der Waals surface area contributed by atoms with Gasteiger partial charge < -0.3 is 9.84 Å². The van der Waals surface area contributed by atoms with E-state index in [0.717, 1.165) is 26.2 Å². The summed E-state index contributed by atoms with van der Waals surface area (Å²) in [6, 6.07) is 21.6. The van der Waals surface area contributed by atoms with Gasteiger partial charge in [-0.25, -0.2) is 0 Å². The van der Waals surface area contributed by atoms with Crippen molar-refractivity contribution in [3.05, 3.63) is 71.8 Å². The second-order valence-electron chi connectivity index (χ2n) is 6.93. The largest absolute Gasteiger partial charge is 0.389 e. The number of nitrogens with zero attached hydrogens (tertiary/aromatic N) is 2. The Morgan fingerprint density at radius 2 is 1.48 bits per heavy atom. The van der Waals surface area contributed by atoms with Crippen molar-refractivity contribution in [2.24, 2.45) is 0 Å². The molecule has 4 heteroatoms. The van der Waals surface area contributed by atoms with E-state index in [-0.39, 0.29) is 12.6 Å².